The van der Waals surface area contributed by atoms with E-state index in [2.05, 4.69) is 15.5 Å². The van der Waals surface area contributed by atoms with Gasteiger partial charge in [0.1, 0.15) is 11.6 Å². The Morgan fingerprint density at radius 3 is 2.88 bits per heavy atom. The van der Waals surface area contributed by atoms with Gasteiger partial charge in [-0.15, -0.1) is 5.10 Å². The molecule has 2 aromatic rings. The number of nitrogens with zero attached hydrogens (tertiary/aromatic N) is 2. The van der Waals surface area contributed by atoms with E-state index in [1.54, 1.807) is 6.07 Å². The number of halogens is 1. The van der Waals surface area contributed by atoms with Gasteiger partial charge in [0.15, 0.2) is 5.82 Å². The summed E-state index contributed by atoms with van der Waals surface area (Å²) >= 11 is 0. The molecule has 0 unspecified atom stereocenters. The van der Waals surface area contributed by atoms with Crippen LogP contribution in [0.3, 0.4) is 0 Å². The Hall–Kier alpha value is -2.50. The highest BCUT2D eigenvalue weighted by Crippen LogP contribution is 2.18. The summed E-state index contributed by atoms with van der Waals surface area (Å²) < 4.78 is 12.9. The highest BCUT2D eigenvalue weighted by atomic mass is 19.1. The van der Waals surface area contributed by atoms with Crippen LogP contribution in [0.4, 0.5) is 10.2 Å². The SMILES string of the molecule is O=C(Nc1cccnn1)c1cc(F)ccc1O. The van der Waals surface area contributed by atoms with Crippen LogP contribution in [0, 0.1) is 5.82 Å². The van der Waals surface area contributed by atoms with E-state index in [0.29, 0.717) is 0 Å². The molecule has 1 heterocycles. The fourth-order valence-electron chi connectivity index (χ4n) is 1.24. The normalized spacial score (nSPS) is 9.94. The molecule has 0 aliphatic carbocycles. The molecule has 1 amide bonds. The van der Waals surface area contributed by atoms with Gasteiger partial charge >= 0.3 is 0 Å². The lowest BCUT2D eigenvalue weighted by Gasteiger charge is -2.05. The van der Waals surface area contributed by atoms with E-state index < -0.39 is 11.7 Å². The standard InChI is InChI=1S/C11H8FN3O2/c12-7-3-4-9(16)8(6-7)11(17)14-10-2-1-5-13-15-10/h1-6,16H,(H,14,15,17). The smallest absolute Gasteiger partial charge is 0.260 e. The molecule has 0 saturated carbocycles. The number of carbonyl (C=O) groups excluding carboxylic acids is 1. The zero-order valence-corrected chi connectivity index (χ0v) is 8.59. The van der Waals surface area contributed by atoms with Gasteiger partial charge in [0, 0.05) is 6.20 Å². The second-order valence-electron chi connectivity index (χ2n) is 3.22. The number of anilines is 1. The molecule has 17 heavy (non-hydrogen) atoms. The van der Waals surface area contributed by atoms with Crippen molar-refractivity contribution in [3.8, 4) is 5.75 Å². The number of aromatic nitrogens is 2. The maximum absolute atomic E-state index is 12.9. The minimum Gasteiger partial charge on any atom is -0.507 e. The minimum absolute atomic E-state index is 0.157. The number of phenols is 1. The molecule has 0 aliphatic heterocycles. The molecule has 1 aromatic carbocycles. The number of carbonyl (C=O) groups is 1. The van der Waals surface area contributed by atoms with Gasteiger partial charge in [-0.2, -0.15) is 5.10 Å². The van der Waals surface area contributed by atoms with E-state index in [0.717, 1.165) is 18.2 Å². The van der Waals surface area contributed by atoms with E-state index in [1.807, 2.05) is 0 Å². The summed E-state index contributed by atoms with van der Waals surface area (Å²) in [5, 5.41) is 19.0. The summed E-state index contributed by atoms with van der Waals surface area (Å²) in [6.07, 6.45) is 1.45. The zero-order chi connectivity index (χ0) is 12.3. The number of amides is 1. The van der Waals surface area contributed by atoms with E-state index in [4.69, 9.17) is 0 Å². The van der Waals surface area contributed by atoms with Crippen molar-refractivity contribution < 1.29 is 14.3 Å². The van der Waals surface area contributed by atoms with Gasteiger partial charge in [0.05, 0.1) is 5.56 Å². The fraction of sp³-hybridized carbons (Fsp3) is 0. The third-order valence-corrected chi connectivity index (χ3v) is 2.02. The van der Waals surface area contributed by atoms with Gasteiger partial charge in [-0.25, -0.2) is 4.39 Å². The van der Waals surface area contributed by atoms with Crippen molar-refractivity contribution in [2.24, 2.45) is 0 Å². The molecule has 0 radical (unpaired) electrons. The van der Waals surface area contributed by atoms with Crippen molar-refractivity contribution >= 4 is 11.7 Å². The molecule has 0 aliphatic rings. The van der Waals surface area contributed by atoms with Crippen LogP contribution >= 0.6 is 0 Å². The second-order valence-corrected chi connectivity index (χ2v) is 3.22. The lowest BCUT2D eigenvalue weighted by Crippen LogP contribution is -2.13. The average Bonchev–Trinajstić information content (AvgIpc) is 2.33. The maximum Gasteiger partial charge on any atom is 0.260 e. The monoisotopic (exact) mass is 233 g/mol. The first-order valence-corrected chi connectivity index (χ1v) is 4.74. The van der Waals surface area contributed by atoms with Crippen LogP contribution in [0.2, 0.25) is 0 Å². The Morgan fingerprint density at radius 2 is 2.18 bits per heavy atom. The molecule has 86 valence electrons. The third kappa shape index (κ3) is 2.54. The first kappa shape index (κ1) is 11.0. The molecule has 0 bridgehead atoms. The predicted molar refractivity (Wildman–Crippen MR) is 58.1 cm³/mol. The number of aromatic hydroxyl groups is 1. The second kappa shape index (κ2) is 4.56. The number of hydrogen-bond acceptors (Lipinski definition) is 4. The minimum atomic E-state index is -0.650. The molecule has 2 N–H and O–H groups in total. The van der Waals surface area contributed by atoms with Crippen LogP contribution in [-0.4, -0.2) is 21.2 Å². The molecule has 5 nitrogen and oxygen atoms in total. The highest BCUT2D eigenvalue weighted by molar-refractivity contribution is 6.05. The lowest BCUT2D eigenvalue weighted by atomic mass is 10.2. The zero-order valence-electron chi connectivity index (χ0n) is 8.59. The van der Waals surface area contributed by atoms with Crippen LogP contribution in [0.15, 0.2) is 36.5 Å². The van der Waals surface area contributed by atoms with Crippen LogP contribution in [-0.2, 0) is 0 Å². The van der Waals surface area contributed by atoms with E-state index in [1.165, 1.54) is 12.3 Å². The molecule has 0 atom stereocenters. The summed E-state index contributed by atoms with van der Waals surface area (Å²) in [5.74, 6) is -1.33. The van der Waals surface area contributed by atoms with Gasteiger partial charge in [0.2, 0.25) is 0 Å². The Labute approximate surface area is 95.9 Å². The van der Waals surface area contributed by atoms with Crippen LogP contribution in [0.1, 0.15) is 10.4 Å². The van der Waals surface area contributed by atoms with Gasteiger partial charge in [-0.05, 0) is 30.3 Å². The largest absolute Gasteiger partial charge is 0.507 e. The Balaban J connectivity index is 2.23. The summed E-state index contributed by atoms with van der Waals surface area (Å²) in [5.41, 5.74) is -0.157. The highest BCUT2D eigenvalue weighted by Gasteiger charge is 2.12. The number of hydrogen-bond donors (Lipinski definition) is 2. The van der Waals surface area contributed by atoms with E-state index in [9.17, 15) is 14.3 Å². The molecule has 0 saturated heterocycles. The molecule has 2 rings (SSSR count). The molecular weight excluding hydrogens is 225 g/mol. The van der Waals surface area contributed by atoms with Crippen LogP contribution in [0.5, 0.6) is 5.75 Å². The number of nitrogens with one attached hydrogen (secondary N) is 1. The number of benzene rings is 1. The van der Waals surface area contributed by atoms with Crippen molar-refractivity contribution in [2.45, 2.75) is 0 Å². The van der Waals surface area contributed by atoms with Crippen molar-refractivity contribution in [1.82, 2.24) is 10.2 Å². The predicted octanol–water partition coefficient (Wildman–Crippen LogP) is 1.57. The van der Waals surface area contributed by atoms with Crippen LogP contribution in [0.25, 0.3) is 0 Å². The maximum atomic E-state index is 12.9. The van der Waals surface area contributed by atoms with Crippen LogP contribution < -0.4 is 5.32 Å². The average molecular weight is 233 g/mol. The Kier molecular flexibility index (Phi) is 2.95. The number of rotatable bonds is 2. The Bertz CT molecular complexity index is 546. The summed E-state index contributed by atoms with van der Waals surface area (Å²) in [6.45, 7) is 0. The van der Waals surface area contributed by atoms with Gasteiger partial charge in [-0.1, -0.05) is 0 Å². The first-order valence-electron chi connectivity index (χ1n) is 4.74. The molecule has 0 fully saturated rings. The van der Waals surface area contributed by atoms with E-state index >= 15 is 0 Å². The van der Waals surface area contributed by atoms with Gasteiger partial charge in [-0.3, -0.25) is 4.79 Å². The summed E-state index contributed by atoms with van der Waals surface area (Å²) in [7, 11) is 0. The van der Waals surface area contributed by atoms with Crippen molar-refractivity contribution in [2.75, 3.05) is 5.32 Å². The van der Waals surface area contributed by atoms with Gasteiger partial charge in [0.25, 0.3) is 5.91 Å². The van der Waals surface area contributed by atoms with E-state index in [-0.39, 0.29) is 17.1 Å². The van der Waals surface area contributed by atoms with Crippen molar-refractivity contribution in [3.05, 3.63) is 47.9 Å². The summed E-state index contributed by atoms with van der Waals surface area (Å²) in [4.78, 5) is 11.7. The van der Waals surface area contributed by atoms with Crippen molar-refractivity contribution in [1.29, 1.82) is 0 Å². The first-order chi connectivity index (χ1) is 8.16. The lowest BCUT2D eigenvalue weighted by molar-refractivity contribution is 0.102. The fourth-order valence-corrected chi connectivity index (χ4v) is 1.24. The number of phenolic OH excluding ortho intramolecular Hbond substituents is 1. The summed E-state index contributed by atoms with van der Waals surface area (Å²) in [6, 6.07) is 6.24. The quantitative estimate of drug-likeness (QED) is 0.825. The molecule has 1 aromatic heterocycles. The Morgan fingerprint density at radius 1 is 1.35 bits per heavy atom. The molecule has 6 heteroatoms. The molecule has 0 spiro atoms. The molecular formula is C11H8FN3O2. The third-order valence-electron chi connectivity index (χ3n) is 2.02. The van der Waals surface area contributed by atoms with Crippen molar-refractivity contribution in [3.63, 3.8) is 0 Å². The van der Waals surface area contributed by atoms with Gasteiger partial charge < -0.3 is 10.4 Å². The topological polar surface area (TPSA) is 75.1 Å².